The Morgan fingerprint density at radius 2 is 1.92 bits per heavy atom. The van der Waals surface area contributed by atoms with Crippen molar-refractivity contribution in [3.05, 3.63) is 47.5 Å². The van der Waals surface area contributed by atoms with Gasteiger partial charge in [0.05, 0.1) is 20.3 Å². The first kappa shape index (κ1) is 15.5. The summed E-state index contributed by atoms with van der Waals surface area (Å²) >= 11 is 0. The summed E-state index contributed by atoms with van der Waals surface area (Å²) in [5, 5.41) is 10.8. The number of ether oxygens (including phenoxy) is 2. The average molecular weight is 325 g/mol. The molecule has 0 bridgehead atoms. The van der Waals surface area contributed by atoms with Crippen molar-refractivity contribution in [3.63, 3.8) is 0 Å². The topological polar surface area (TPSA) is 41.9 Å². The highest BCUT2D eigenvalue weighted by Crippen LogP contribution is 2.54. The number of piperidine rings is 1. The van der Waals surface area contributed by atoms with Gasteiger partial charge in [-0.05, 0) is 48.4 Å². The van der Waals surface area contributed by atoms with Crippen molar-refractivity contribution >= 4 is 0 Å². The van der Waals surface area contributed by atoms with E-state index in [4.69, 9.17) is 9.47 Å². The van der Waals surface area contributed by atoms with Gasteiger partial charge in [-0.3, -0.25) is 4.90 Å². The molecule has 1 saturated heterocycles. The molecule has 0 unspecified atom stereocenters. The lowest BCUT2D eigenvalue weighted by Crippen LogP contribution is -2.44. The van der Waals surface area contributed by atoms with Crippen molar-refractivity contribution in [2.24, 2.45) is 0 Å². The molecular weight excluding hydrogens is 302 g/mol. The predicted octanol–water partition coefficient (Wildman–Crippen LogP) is 3.21. The highest BCUT2D eigenvalue weighted by molar-refractivity contribution is 5.81. The van der Waals surface area contributed by atoms with Crippen molar-refractivity contribution in [2.75, 3.05) is 27.8 Å². The first-order valence-electron chi connectivity index (χ1n) is 8.39. The molecule has 0 amide bonds. The minimum atomic E-state index is -0.335. The summed E-state index contributed by atoms with van der Waals surface area (Å²) in [4.78, 5) is 2.35. The van der Waals surface area contributed by atoms with Crippen LogP contribution in [0.4, 0.5) is 0 Å². The zero-order valence-corrected chi connectivity index (χ0v) is 14.3. The van der Waals surface area contributed by atoms with Crippen molar-refractivity contribution in [1.29, 1.82) is 0 Å². The van der Waals surface area contributed by atoms with E-state index in [0.717, 1.165) is 35.6 Å². The largest absolute Gasteiger partial charge is 0.497 e. The van der Waals surface area contributed by atoms with E-state index >= 15 is 0 Å². The molecule has 1 aliphatic carbocycles. The molecule has 1 aliphatic heterocycles. The maximum Gasteiger partial charge on any atom is 0.127 e. The van der Waals surface area contributed by atoms with Crippen LogP contribution in [0.5, 0.6) is 11.5 Å². The highest BCUT2D eigenvalue weighted by Gasteiger charge is 2.43. The fourth-order valence-corrected chi connectivity index (χ4v) is 4.37. The van der Waals surface area contributed by atoms with E-state index in [2.05, 4.69) is 30.1 Å². The third-order valence-electron chi connectivity index (χ3n) is 5.49. The summed E-state index contributed by atoms with van der Waals surface area (Å²) in [7, 11) is 5.53. The Kier molecular flexibility index (Phi) is 3.74. The number of hydrogen-bond donors (Lipinski definition) is 1. The van der Waals surface area contributed by atoms with Crippen molar-refractivity contribution < 1.29 is 14.6 Å². The second-order valence-corrected chi connectivity index (χ2v) is 6.68. The van der Waals surface area contributed by atoms with Crippen molar-refractivity contribution in [3.8, 4) is 22.6 Å². The van der Waals surface area contributed by atoms with Crippen molar-refractivity contribution in [2.45, 2.75) is 24.5 Å². The van der Waals surface area contributed by atoms with Gasteiger partial charge in [0.25, 0.3) is 0 Å². The molecule has 0 saturated carbocycles. The van der Waals surface area contributed by atoms with Gasteiger partial charge >= 0.3 is 0 Å². The SMILES string of the molecule is COc1ccc2c(c1)-c1c(OC)cccc1[C@H]1[C@@H]2[C@H](O)CCN1C. The summed E-state index contributed by atoms with van der Waals surface area (Å²) in [5.41, 5.74) is 4.63. The van der Waals surface area contributed by atoms with Crippen LogP contribution in [-0.4, -0.2) is 43.9 Å². The van der Waals surface area contributed by atoms with Gasteiger partial charge in [0.2, 0.25) is 0 Å². The lowest BCUT2D eigenvalue weighted by atomic mass is 9.70. The number of aliphatic hydroxyl groups excluding tert-OH is 1. The second-order valence-electron chi connectivity index (χ2n) is 6.68. The van der Waals surface area contributed by atoms with Crippen LogP contribution in [-0.2, 0) is 0 Å². The normalized spacial score (nSPS) is 25.4. The molecule has 0 radical (unpaired) electrons. The molecule has 2 aromatic carbocycles. The number of methoxy groups -OCH3 is 2. The number of benzene rings is 2. The Morgan fingerprint density at radius 1 is 1.08 bits per heavy atom. The zero-order valence-electron chi connectivity index (χ0n) is 14.3. The lowest BCUT2D eigenvalue weighted by molar-refractivity contribution is 0.0290. The molecule has 0 spiro atoms. The molecule has 3 atom stereocenters. The zero-order chi connectivity index (χ0) is 16.8. The van der Waals surface area contributed by atoms with Crippen LogP contribution in [0.2, 0.25) is 0 Å². The summed E-state index contributed by atoms with van der Waals surface area (Å²) in [6, 6.07) is 12.5. The van der Waals surface area contributed by atoms with Crippen molar-refractivity contribution in [1.82, 2.24) is 4.90 Å². The Hall–Kier alpha value is -2.04. The molecule has 2 aromatic rings. The van der Waals surface area contributed by atoms with Gasteiger partial charge in [0, 0.05) is 24.1 Å². The van der Waals surface area contributed by atoms with Crippen LogP contribution < -0.4 is 9.47 Å². The van der Waals surface area contributed by atoms with E-state index < -0.39 is 0 Å². The van der Waals surface area contributed by atoms with Crippen LogP contribution in [0.3, 0.4) is 0 Å². The summed E-state index contributed by atoms with van der Waals surface area (Å²) < 4.78 is 11.1. The molecule has 24 heavy (non-hydrogen) atoms. The van der Waals surface area contributed by atoms with Crippen LogP contribution in [0, 0.1) is 0 Å². The van der Waals surface area contributed by atoms with Crippen LogP contribution in [0.25, 0.3) is 11.1 Å². The number of likely N-dealkylation sites (tertiary alicyclic amines) is 1. The molecule has 1 fully saturated rings. The first-order chi connectivity index (χ1) is 11.7. The molecule has 2 aliphatic rings. The van der Waals surface area contributed by atoms with E-state index in [1.165, 1.54) is 11.1 Å². The molecule has 0 aromatic heterocycles. The van der Waals surface area contributed by atoms with Gasteiger partial charge in [0.15, 0.2) is 0 Å². The monoisotopic (exact) mass is 325 g/mol. The molecule has 4 heteroatoms. The quantitative estimate of drug-likeness (QED) is 0.921. The van der Waals surface area contributed by atoms with E-state index in [0.29, 0.717) is 0 Å². The summed E-state index contributed by atoms with van der Waals surface area (Å²) in [6.45, 7) is 0.893. The second kappa shape index (κ2) is 5.80. The Labute approximate surface area is 142 Å². The minimum Gasteiger partial charge on any atom is -0.497 e. The number of aliphatic hydroxyl groups is 1. The van der Waals surface area contributed by atoms with Crippen LogP contribution in [0.1, 0.15) is 29.5 Å². The molecule has 4 rings (SSSR count). The van der Waals surface area contributed by atoms with E-state index in [1.807, 2.05) is 18.2 Å². The molecule has 1 N–H and O–H groups in total. The summed E-state index contributed by atoms with van der Waals surface area (Å²) in [6.07, 6.45) is 0.459. The first-order valence-corrected chi connectivity index (χ1v) is 8.39. The van der Waals surface area contributed by atoms with Gasteiger partial charge in [0.1, 0.15) is 11.5 Å². The number of rotatable bonds is 2. The van der Waals surface area contributed by atoms with E-state index in [9.17, 15) is 5.11 Å². The fourth-order valence-electron chi connectivity index (χ4n) is 4.37. The van der Waals surface area contributed by atoms with E-state index in [-0.39, 0.29) is 18.1 Å². The molecule has 126 valence electrons. The number of likely N-dealkylation sites (N-methyl/N-ethyl adjacent to an activating group) is 1. The minimum absolute atomic E-state index is 0.0734. The number of fused-ring (bicyclic) bond motifs is 6. The average Bonchev–Trinajstić information content (AvgIpc) is 2.62. The summed E-state index contributed by atoms with van der Waals surface area (Å²) in [5.74, 6) is 1.76. The van der Waals surface area contributed by atoms with Gasteiger partial charge < -0.3 is 14.6 Å². The highest BCUT2D eigenvalue weighted by atomic mass is 16.5. The van der Waals surface area contributed by atoms with Crippen LogP contribution in [0.15, 0.2) is 36.4 Å². The van der Waals surface area contributed by atoms with Gasteiger partial charge in [-0.1, -0.05) is 18.2 Å². The smallest absolute Gasteiger partial charge is 0.127 e. The van der Waals surface area contributed by atoms with Gasteiger partial charge in [-0.25, -0.2) is 0 Å². The van der Waals surface area contributed by atoms with Gasteiger partial charge in [-0.15, -0.1) is 0 Å². The molecule has 1 heterocycles. The fraction of sp³-hybridized carbons (Fsp3) is 0.400. The number of hydrogen-bond acceptors (Lipinski definition) is 4. The van der Waals surface area contributed by atoms with Crippen LogP contribution >= 0.6 is 0 Å². The lowest BCUT2D eigenvalue weighted by Gasteiger charge is -2.46. The van der Waals surface area contributed by atoms with Gasteiger partial charge in [-0.2, -0.15) is 0 Å². The maximum atomic E-state index is 10.8. The Morgan fingerprint density at radius 3 is 2.67 bits per heavy atom. The third kappa shape index (κ3) is 2.14. The number of nitrogens with zero attached hydrogens (tertiary/aromatic N) is 1. The van der Waals surface area contributed by atoms with E-state index in [1.54, 1.807) is 14.2 Å². The predicted molar refractivity (Wildman–Crippen MR) is 93.7 cm³/mol. The molecule has 4 nitrogen and oxygen atoms in total. The maximum absolute atomic E-state index is 10.8. The third-order valence-corrected chi connectivity index (χ3v) is 5.49. The molecular formula is C20H23NO3. The standard InChI is InChI=1S/C20H23NO3/c1-21-10-9-16(22)19-13-8-7-12(23-2)11-15(13)18-14(20(19)21)5-4-6-17(18)24-3/h4-8,11,16,19-20,22H,9-10H2,1-3H3/t16-,19+,20+/m1/s1. The Balaban J connectivity index is 2.02. The Bertz CT molecular complexity index is 773.